The standard InChI is InChI=1S/C17H28N4O.HI/c1-14(13-22-3)20-17(18-2)19-11-15-9-10-21(12-15)16-7-5-4-6-8-16;/h4-8,14-15H,9-13H2,1-3H3,(H2,18,19,20);1H. The number of rotatable bonds is 6. The van der Waals surface area contributed by atoms with Crippen molar-refractivity contribution in [2.45, 2.75) is 19.4 Å². The minimum Gasteiger partial charge on any atom is -0.383 e. The van der Waals surface area contributed by atoms with Gasteiger partial charge in [-0.25, -0.2) is 0 Å². The van der Waals surface area contributed by atoms with Gasteiger partial charge in [-0.3, -0.25) is 4.99 Å². The Kier molecular flexibility index (Phi) is 9.31. The van der Waals surface area contributed by atoms with E-state index in [1.54, 1.807) is 14.2 Å². The van der Waals surface area contributed by atoms with Crippen LogP contribution < -0.4 is 15.5 Å². The zero-order valence-corrected chi connectivity index (χ0v) is 16.6. The molecular formula is C17H29IN4O. The summed E-state index contributed by atoms with van der Waals surface area (Å²) in [4.78, 5) is 6.73. The molecule has 1 aliphatic rings. The van der Waals surface area contributed by atoms with E-state index in [9.17, 15) is 0 Å². The maximum Gasteiger partial charge on any atom is 0.191 e. The second kappa shape index (κ2) is 10.7. The molecule has 0 radical (unpaired) electrons. The Morgan fingerprint density at radius 2 is 2.13 bits per heavy atom. The zero-order valence-electron chi connectivity index (χ0n) is 14.3. The maximum absolute atomic E-state index is 5.14. The number of nitrogens with one attached hydrogen (secondary N) is 2. The van der Waals surface area contributed by atoms with Crippen molar-refractivity contribution in [2.24, 2.45) is 10.9 Å². The molecule has 2 rings (SSSR count). The van der Waals surface area contributed by atoms with Crippen molar-refractivity contribution in [1.29, 1.82) is 0 Å². The van der Waals surface area contributed by atoms with Gasteiger partial charge in [0.05, 0.1) is 6.61 Å². The highest BCUT2D eigenvalue weighted by Gasteiger charge is 2.22. The van der Waals surface area contributed by atoms with Crippen LogP contribution in [0.15, 0.2) is 35.3 Å². The highest BCUT2D eigenvalue weighted by molar-refractivity contribution is 14.0. The van der Waals surface area contributed by atoms with Gasteiger partial charge in [0.1, 0.15) is 0 Å². The first-order valence-electron chi connectivity index (χ1n) is 7.99. The number of methoxy groups -OCH3 is 1. The average molecular weight is 432 g/mol. The fourth-order valence-corrected chi connectivity index (χ4v) is 2.83. The fraction of sp³-hybridized carbons (Fsp3) is 0.588. The molecule has 2 unspecified atom stereocenters. The summed E-state index contributed by atoms with van der Waals surface area (Å²) in [5, 5.41) is 6.76. The summed E-state index contributed by atoms with van der Waals surface area (Å²) in [6.45, 7) is 5.93. The van der Waals surface area contributed by atoms with E-state index >= 15 is 0 Å². The van der Waals surface area contributed by atoms with Crippen LogP contribution in [0.3, 0.4) is 0 Å². The number of halogens is 1. The molecule has 0 aromatic heterocycles. The molecule has 6 heteroatoms. The molecule has 0 amide bonds. The molecule has 2 N–H and O–H groups in total. The third kappa shape index (κ3) is 6.55. The first kappa shape index (κ1) is 20.0. The maximum atomic E-state index is 5.14. The lowest BCUT2D eigenvalue weighted by molar-refractivity contribution is 0.179. The summed E-state index contributed by atoms with van der Waals surface area (Å²) in [6, 6.07) is 10.9. The Morgan fingerprint density at radius 1 is 1.39 bits per heavy atom. The van der Waals surface area contributed by atoms with Crippen molar-refractivity contribution < 1.29 is 4.74 Å². The molecule has 0 saturated carbocycles. The van der Waals surface area contributed by atoms with E-state index in [4.69, 9.17) is 4.74 Å². The lowest BCUT2D eigenvalue weighted by Crippen LogP contribution is -2.45. The number of hydrogen-bond donors (Lipinski definition) is 2. The van der Waals surface area contributed by atoms with Gasteiger partial charge < -0.3 is 20.3 Å². The predicted octanol–water partition coefficient (Wildman–Crippen LogP) is 2.33. The number of para-hydroxylation sites is 1. The summed E-state index contributed by atoms with van der Waals surface area (Å²) < 4.78 is 5.14. The van der Waals surface area contributed by atoms with E-state index in [0.29, 0.717) is 12.5 Å². The van der Waals surface area contributed by atoms with Crippen molar-refractivity contribution in [1.82, 2.24) is 10.6 Å². The van der Waals surface area contributed by atoms with E-state index in [1.165, 1.54) is 12.1 Å². The molecule has 1 aromatic rings. The van der Waals surface area contributed by atoms with Crippen LogP contribution in [0.1, 0.15) is 13.3 Å². The molecule has 2 atom stereocenters. The van der Waals surface area contributed by atoms with Crippen molar-refractivity contribution in [3.63, 3.8) is 0 Å². The minimum atomic E-state index is 0. The molecular weight excluding hydrogens is 403 g/mol. The van der Waals surface area contributed by atoms with E-state index in [1.807, 2.05) is 0 Å². The van der Waals surface area contributed by atoms with E-state index in [0.717, 1.165) is 25.6 Å². The highest BCUT2D eigenvalue weighted by Crippen LogP contribution is 2.22. The number of anilines is 1. The van der Waals surface area contributed by atoms with E-state index in [2.05, 4.69) is 57.8 Å². The summed E-state index contributed by atoms with van der Waals surface area (Å²) in [6.07, 6.45) is 1.21. The highest BCUT2D eigenvalue weighted by atomic mass is 127. The topological polar surface area (TPSA) is 48.9 Å². The Morgan fingerprint density at radius 3 is 2.78 bits per heavy atom. The lowest BCUT2D eigenvalue weighted by Gasteiger charge is -2.20. The number of hydrogen-bond acceptors (Lipinski definition) is 3. The third-order valence-electron chi connectivity index (χ3n) is 3.99. The molecule has 5 nitrogen and oxygen atoms in total. The minimum absolute atomic E-state index is 0. The second-order valence-electron chi connectivity index (χ2n) is 5.89. The van der Waals surface area contributed by atoms with Crippen molar-refractivity contribution in [3.05, 3.63) is 30.3 Å². The average Bonchev–Trinajstić information content (AvgIpc) is 3.01. The van der Waals surface area contributed by atoms with Crippen LogP contribution >= 0.6 is 24.0 Å². The third-order valence-corrected chi connectivity index (χ3v) is 3.99. The van der Waals surface area contributed by atoms with Gasteiger partial charge in [-0.1, -0.05) is 18.2 Å². The molecule has 130 valence electrons. The number of nitrogens with zero attached hydrogens (tertiary/aromatic N) is 2. The second-order valence-corrected chi connectivity index (χ2v) is 5.89. The molecule has 23 heavy (non-hydrogen) atoms. The lowest BCUT2D eigenvalue weighted by atomic mass is 10.1. The van der Waals surface area contributed by atoms with Crippen molar-refractivity contribution in [2.75, 3.05) is 45.3 Å². The van der Waals surface area contributed by atoms with Gasteiger partial charge in [0.25, 0.3) is 0 Å². The SMILES string of the molecule is CN=C(NCC1CCN(c2ccccc2)C1)NC(C)COC.I. The first-order chi connectivity index (χ1) is 10.7. The summed E-state index contributed by atoms with van der Waals surface area (Å²) in [7, 11) is 3.52. The Bertz CT molecular complexity index is 469. The van der Waals surface area contributed by atoms with Crippen LogP contribution in [0.5, 0.6) is 0 Å². The van der Waals surface area contributed by atoms with Crippen LogP contribution in [0, 0.1) is 5.92 Å². The smallest absolute Gasteiger partial charge is 0.191 e. The van der Waals surface area contributed by atoms with Gasteiger partial charge in [0.15, 0.2) is 5.96 Å². The van der Waals surface area contributed by atoms with Gasteiger partial charge >= 0.3 is 0 Å². The van der Waals surface area contributed by atoms with Crippen LogP contribution in [-0.4, -0.2) is 52.4 Å². The summed E-state index contributed by atoms with van der Waals surface area (Å²) >= 11 is 0. The Labute approximate surface area is 156 Å². The number of aliphatic imine (C=N–C) groups is 1. The van der Waals surface area contributed by atoms with Crippen LogP contribution in [-0.2, 0) is 4.74 Å². The molecule has 0 bridgehead atoms. The number of benzene rings is 1. The number of ether oxygens (including phenoxy) is 1. The first-order valence-corrected chi connectivity index (χ1v) is 7.99. The largest absolute Gasteiger partial charge is 0.383 e. The molecule has 1 fully saturated rings. The van der Waals surface area contributed by atoms with Gasteiger partial charge in [0, 0.05) is 45.5 Å². The van der Waals surface area contributed by atoms with Gasteiger partial charge in [-0.05, 0) is 31.4 Å². The van der Waals surface area contributed by atoms with Gasteiger partial charge in [-0.15, -0.1) is 24.0 Å². The summed E-state index contributed by atoms with van der Waals surface area (Å²) in [5.41, 5.74) is 1.32. The molecule has 1 saturated heterocycles. The predicted molar refractivity (Wildman–Crippen MR) is 108 cm³/mol. The van der Waals surface area contributed by atoms with Crippen LogP contribution in [0.25, 0.3) is 0 Å². The number of guanidine groups is 1. The van der Waals surface area contributed by atoms with Crippen LogP contribution in [0.4, 0.5) is 5.69 Å². The monoisotopic (exact) mass is 432 g/mol. The van der Waals surface area contributed by atoms with Crippen molar-refractivity contribution in [3.8, 4) is 0 Å². The summed E-state index contributed by atoms with van der Waals surface area (Å²) in [5.74, 6) is 1.50. The molecule has 0 spiro atoms. The van der Waals surface area contributed by atoms with Crippen molar-refractivity contribution >= 4 is 35.6 Å². The Balaban J connectivity index is 0.00000264. The van der Waals surface area contributed by atoms with Gasteiger partial charge in [-0.2, -0.15) is 0 Å². The molecule has 1 aliphatic heterocycles. The molecule has 0 aliphatic carbocycles. The van der Waals surface area contributed by atoms with Gasteiger partial charge in [0.2, 0.25) is 0 Å². The zero-order chi connectivity index (χ0) is 15.8. The molecule has 1 aromatic carbocycles. The quantitative estimate of drug-likeness (QED) is 0.412. The van der Waals surface area contributed by atoms with Crippen LogP contribution in [0.2, 0.25) is 0 Å². The van der Waals surface area contributed by atoms with E-state index in [-0.39, 0.29) is 30.0 Å². The molecule has 1 heterocycles. The normalized spacial score (nSPS) is 19.2. The van der Waals surface area contributed by atoms with E-state index < -0.39 is 0 Å². The Hall–Kier alpha value is -1.02. The fourth-order valence-electron chi connectivity index (χ4n) is 2.83.